The standard InChI is InChI=1S/C16H17ClN4O/c17-14-4-3-13(11-19-14)16(22)20-10-12-5-6-18-15(9-12)21-7-1-2-8-21/h3-6,9,11H,1-2,7-8,10H2,(H,20,22). The Morgan fingerprint density at radius 3 is 2.77 bits per heavy atom. The van der Waals surface area contributed by atoms with Crippen LogP contribution in [-0.4, -0.2) is 29.0 Å². The van der Waals surface area contributed by atoms with Crippen molar-refractivity contribution in [3.8, 4) is 0 Å². The van der Waals surface area contributed by atoms with Crippen molar-refractivity contribution in [2.75, 3.05) is 18.0 Å². The molecule has 6 heteroatoms. The number of pyridine rings is 2. The second kappa shape index (κ2) is 6.75. The van der Waals surface area contributed by atoms with E-state index in [1.54, 1.807) is 18.3 Å². The predicted octanol–water partition coefficient (Wildman–Crippen LogP) is 2.66. The summed E-state index contributed by atoms with van der Waals surface area (Å²) in [4.78, 5) is 22.6. The van der Waals surface area contributed by atoms with E-state index in [0.717, 1.165) is 24.5 Å². The molecule has 3 rings (SSSR count). The highest BCUT2D eigenvalue weighted by molar-refractivity contribution is 6.29. The van der Waals surface area contributed by atoms with Crippen LogP contribution in [0, 0.1) is 0 Å². The Morgan fingerprint density at radius 2 is 2.05 bits per heavy atom. The Balaban J connectivity index is 1.62. The lowest BCUT2D eigenvalue weighted by atomic mass is 10.2. The van der Waals surface area contributed by atoms with Crippen LogP contribution in [0.4, 0.5) is 5.82 Å². The van der Waals surface area contributed by atoms with Crippen LogP contribution in [0.25, 0.3) is 0 Å². The number of carbonyl (C=O) groups is 1. The molecule has 0 unspecified atom stereocenters. The van der Waals surface area contributed by atoms with Crippen molar-refractivity contribution in [3.63, 3.8) is 0 Å². The summed E-state index contributed by atoms with van der Waals surface area (Å²) >= 11 is 5.71. The smallest absolute Gasteiger partial charge is 0.253 e. The zero-order chi connectivity index (χ0) is 15.4. The lowest BCUT2D eigenvalue weighted by molar-refractivity contribution is 0.0950. The maximum absolute atomic E-state index is 12.1. The quantitative estimate of drug-likeness (QED) is 0.881. The molecule has 1 amide bonds. The number of carbonyl (C=O) groups excluding carboxylic acids is 1. The first-order chi connectivity index (χ1) is 10.7. The summed E-state index contributed by atoms with van der Waals surface area (Å²) in [6, 6.07) is 7.22. The molecule has 0 radical (unpaired) electrons. The van der Waals surface area contributed by atoms with E-state index in [0.29, 0.717) is 17.3 Å². The summed E-state index contributed by atoms with van der Waals surface area (Å²) in [7, 11) is 0. The van der Waals surface area contributed by atoms with Crippen molar-refractivity contribution < 1.29 is 4.79 Å². The SMILES string of the molecule is O=C(NCc1ccnc(N2CCCC2)c1)c1ccc(Cl)nc1. The molecule has 0 atom stereocenters. The van der Waals surface area contributed by atoms with Crippen molar-refractivity contribution in [1.82, 2.24) is 15.3 Å². The summed E-state index contributed by atoms with van der Waals surface area (Å²) in [5.41, 5.74) is 1.53. The zero-order valence-corrected chi connectivity index (χ0v) is 12.9. The second-order valence-electron chi connectivity index (χ2n) is 5.27. The van der Waals surface area contributed by atoms with Gasteiger partial charge in [-0.15, -0.1) is 0 Å². The van der Waals surface area contributed by atoms with E-state index >= 15 is 0 Å². The zero-order valence-electron chi connectivity index (χ0n) is 12.1. The third kappa shape index (κ3) is 3.54. The van der Waals surface area contributed by atoms with Crippen molar-refractivity contribution >= 4 is 23.3 Å². The van der Waals surface area contributed by atoms with Gasteiger partial charge in [0, 0.05) is 32.0 Å². The van der Waals surface area contributed by atoms with Crippen LogP contribution in [0.5, 0.6) is 0 Å². The van der Waals surface area contributed by atoms with E-state index in [2.05, 4.69) is 20.2 Å². The van der Waals surface area contributed by atoms with E-state index < -0.39 is 0 Å². The molecule has 1 saturated heterocycles. The predicted molar refractivity (Wildman–Crippen MR) is 86.1 cm³/mol. The Kier molecular flexibility index (Phi) is 4.53. The molecular weight excluding hydrogens is 300 g/mol. The van der Waals surface area contributed by atoms with Crippen LogP contribution in [0.1, 0.15) is 28.8 Å². The maximum atomic E-state index is 12.1. The average Bonchev–Trinajstić information content (AvgIpc) is 3.08. The van der Waals surface area contributed by atoms with Gasteiger partial charge >= 0.3 is 0 Å². The number of halogens is 1. The van der Waals surface area contributed by atoms with Crippen LogP contribution in [0.2, 0.25) is 5.15 Å². The van der Waals surface area contributed by atoms with E-state index in [9.17, 15) is 4.79 Å². The number of nitrogens with zero attached hydrogens (tertiary/aromatic N) is 3. The minimum atomic E-state index is -0.163. The minimum absolute atomic E-state index is 0.163. The topological polar surface area (TPSA) is 58.1 Å². The van der Waals surface area contributed by atoms with Gasteiger partial charge in [-0.2, -0.15) is 0 Å². The van der Waals surface area contributed by atoms with Crippen molar-refractivity contribution in [2.45, 2.75) is 19.4 Å². The van der Waals surface area contributed by atoms with Gasteiger partial charge in [0.1, 0.15) is 11.0 Å². The molecule has 22 heavy (non-hydrogen) atoms. The molecule has 1 aliphatic rings. The Morgan fingerprint density at radius 1 is 1.23 bits per heavy atom. The molecule has 114 valence electrons. The molecule has 0 bridgehead atoms. The molecule has 0 saturated carbocycles. The number of amides is 1. The molecular formula is C16H17ClN4O. The number of aromatic nitrogens is 2. The van der Waals surface area contributed by atoms with Crippen molar-refractivity contribution in [1.29, 1.82) is 0 Å². The molecule has 3 heterocycles. The number of nitrogens with one attached hydrogen (secondary N) is 1. The summed E-state index contributed by atoms with van der Waals surface area (Å²) in [5.74, 6) is 0.820. The summed E-state index contributed by atoms with van der Waals surface area (Å²) in [6.45, 7) is 2.57. The number of anilines is 1. The number of hydrogen-bond acceptors (Lipinski definition) is 4. The molecule has 0 spiro atoms. The largest absolute Gasteiger partial charge is 0.357 e. The molecule has 1 aliphatic heterocycles. The average molecular weight is 317 g/mol. The molecule has 5 nitrogen and oxygen atoms in total. The molecule has 2 aromatic heterocycles. The molecule has 0 aliphatic carbocycles. The highest BCUT2D eigenvalue weighted by Gasteiger charge is 2.13. The summed E-state index contributed by atoms with van der Waals surface area (Å²) < 4.78 is 0. The summed E-state index contributed by atoms with van der Waals surface area (Å²) in [6.07, 6.45) is 5.69. The van der Waals surface area contributed by atoms with Gasteiger partial charge in [0.05, 0.1) is 5.56 Å². The number of rotatable bonds is 4. The van der Waals surface area contributed by atoms with Gasteiger partial charge in [-0.1, -0.05) is 11.6 Å². The Hall–Kier alpha value is -2.14. The third-order valence-corrected chi connectivity index (χ3v) is 3.91. The van der Waals surface area contributed by atoms with Crippen LogP contribution in [0.3, 0.4) is 0 Å². The highest BCUT2D eigenvalue weighted by Crippen LogP contribution is 2.18. The highest BCUT2D eigenvalue weighted by atomic mass is 35.5. The normalized spacial score (nSPS) is 14.1. The maximum Gasteiger partial charge on any atom is 0.253 e. The van der Waals surface area contributed by atoms with Gasteiger partial charge in [-0.3, -0.25) is 4.79 Å². The van der Waals surface area contributed by atoms with E-state index in [4.69, 9.17) is 11.6 Å². The first-order valence-corrected chi connectivity index (χ1v) is 7.70. The van der Waals surface area contributed by atoms with Gasteiger partial charge in [0.15, 0.2) is 0 Å². The third-order valence-electron chi connectivity index (χ3n) is 3.68. The molecule has 2 aromatic rings. The van der Waals surface area contributed by atoms with E-state index in [-0.39, 0.29) is 5.91 Å². The molecule has 1 N–H and O–H groups in total. The molecule has 0 aromatic carbocycles. The van der Waals surface area contributed by atoms with E-state index in [1.165, 1.54) is 19.0 Å². The fourth-order valence-corrected chi connectivity index (χ4v) is 2.60. The van der Waals surface area contributed by atoms with Crippen molar-refractivity contribution in [3.05, 3.63) is 52.9 Å². The lowest BCUT2D eigenvalue weighted by Crippen LogP contribution is -2.23. The number of hydrogen-bond donors (Lipinski definition) is 1. The second-order valence-corrected chi connectivity index (χ2v) is 5.66. The Bertz CT molecular complexity index is 653. The van der Waals surface area contributed by atoms with Crippen LogP contribution >= 0.6 is 11.6 Å². The van der Waals surface area contributed by atoms with Gasteiger partial charge in [-0.25, -0.2) is 9.97 Å². The van der Waals surface area contributed by atoms with Crippen LogP contribution in [-0.2, 0) is 6.54 Å². The fourth-order valence-electron chi connectivity index (χ4n) is 2.48. The van der Waals surface area contributed by atoms with Gasteiger partial charge in [-0.05, 0) is 42.7 Å². The first-order valence-electron chi connectivity index (χ1n) is 7.32. The van der Waals surface area contributed by atoms with Crippen LogP contribution < -0.4 is 10.2 Å². The monoisotopic (exact) mass is 316 g/mol. The van der Waals surface area contributed by atoms with E-state index in [1.807, 2.05) is 12.1 Å². The lowest BCUT2D eigenvalue weighted by Gasteiger charge is -2.17. The van der Waals surface area contributed by atoms with Gasteiger partial charge in [0.2, 0.25) is 0 Å². The Labute approximate surface area is 134 Å². The summed E-state index contributed by atoms with van der Waals surface area (Å²) in [5, 5.41) is 3.26. The van der Waals surface area contributed by atoms with Gasteiger partial charge < -0.3 is 10.2 Å². The van der Waals surface area contributed by atoms with Crippen LogP contribution in [0.15, 0.2) is 36.7 Å². The fraction of sp³-hybridized carbons (Fsp3) is 0.312. The minimum Gasteiger partial charge on any atom is -0.357 e. The molecule has 1 fully saturated rings. The van der Waals surface area contributed by atoms with Crippen molar-refractivity contribution in [2.24, 2.45) is 0 Å². The first kappa shape index (κ1) is 14.8. The van der Waals surface area contributed by atoms with Gasteiger partial charge in [0.25, 0.3) is 5.91 Å².